The number of phenols is 1. The maximum atomic E-state index is 10.6. The second-order valence-electron chi connectivity index (χ2n) is 7.22. The molecule has 2 heterocycles. The molecule has 0 saturated carbocycles. The van der Waals surface area contributed by atoms with E-state index < -0.39 is 0 Å². The molecule has 5 nitrogen and oxygen atoms in total. The minimum absolute atomic E-state index is 0.202. The van der Waals surface area contributed by atoms with Gasteiger partial charge < -0.3 is 9.84 Å². The molecule has 144 valence electrons. The highest BCUT2D eigenvalue weighted by atomic mass is 16.5. The predicted molar refractivity (Wildman–Crippen MR) is 109 cm³/mol. The van der Waals surface area contributed by atoms with Crippen LogP contribution in [0.25, 0.3) is 11.1 Å². The van der Waals surface area contributed by atoms with E-state index in [4.69, 9.17) is 4.74 Å². The van der Waals surface area contributed by atoms with Crippen LogP contribution in [0.4, 0.5) is 0 Å². The number of hydrogen-bond donors (Lipinski definition) is 1. The van der Waals surface area contributed by atoms with Crippen molar-refractivity contribution in [3.05, 3.63) is 71.3 Å². The molecule has 2 aromatic carbocycles. The summed E-state index contributed by atoms with van der Waals surface area (Å²) in [5.41, 5.74) is 5.40. The molecular formula is C23H25N3O2. The first-order valence-corrected chi connectivity index (χ1v) is 9.71. The van der Waals surface area contributed by atoms with Crippen molar-refractivity contribution < 1.29 is 9.84 Å². The van der Waals surface area contributed by atoms with Gasteiger partial charge in [0.25, 0.3) is 0 Å². The Morgan fingerprint density at radius 3 is 2.68 bits per heavy atom. The normalized spacial score (nSPS) is 14.2. The van der Waals surface area contributed by atoms with Crippen molar-refractivity contribution in [3.63, 3.8) is 0 Å². The number of rotatable bonds is 4. The van der Waals surface area contributed by atoms with Crippen LogP contribution in [0.15, 0.2) is 48.8 Å². The Balaban J connectivity index is 1.61. The monoisotopic (exact) mass is 375 g/mol. The minimum atomic E-state index is 0.202. The van der Waals surface area contributed by atoms with Gasteiger partial charge in [0.15, 0.2) is 11.5 Å². The molecule has 0 radical (unpaired) electrons. The zero-order valence-corrected chi connectivity index (χ0v) is 16.4. The molecule has 28 heavy (non-hydrogen) atoms. The molecule has 0 unspecified atom stereocenters. The molecule has 4 rings (SSSR count). The molecular weight excluding hydrogens is 350 g/mol. The molecule has 3 aromatic rings. The van der Waals surface area contributed by atoms with Gasteiger partial charge in [-0.05, 0) is 35.7 Å². The van der Waals surface area contributed by atoms with Crippen molar-refractivity contribution in [2.24, 2.45) is 0 Å². The molecule has 5 heteroatoms. The number of fused-ring (bicyclic) bond motifs is 1. The van der Waals surface area contributed by atoms with Crippen LogP contribution in [0.5, 0.6) is 11.5 Å². The van der Waals surface area contributed by atoms with E-state index in [-0.39, 0.29) is 5.75 Å². The van der Waals surface area contributed by atoms with Crippen molar-refractivity contribution in [2.45, 2.75) is 33.4 Å². The molecule has 0 atom stereocenters. The molecule has 0 spiro atoms. The number of hydrogen-bond acceptors (Lipinski definition) is 5. The average molecular weight is 375 g/mol. The third-order valence-electron chi connectivity index (χ3n) is 5.13. The number of aromatic nitrogens is 2. The van der Waals surface area contributed by atoms with Gasteiger partial charge in [-0.25, -0.2) is 9.97 Å². The first-order valence-electron chi connectivity index (χ1n) is 9.71. The van der Waals surface area contributed by atoms with E-state index in [1.807, 2.05) is 24.5 Å². The highest BCUT2D eigenvalue weighted by Crippen LogP contribution is 2.38. The number of phenolic OH excluding ortho intramolecular Hbond substituents is 1. The van der Waals surface area contributed by atoms with Gasteiger partial charge in [-0.2, -0.15) is 0 Å². The van der Waals surface area contributed by atoms with Crippen molar-refractivity contribution in [2.75, 3.05) is 13.2 Å². The molecule has 0 bridgehead atoms. The topological polar surface area (TPSA) is 58.5 Å². The molecule has 1 aromatic heterocycles. The van der Waals surface area contributed by atoms with Gasteiger partial charge in [-0.15, -0.1) is 0 Å². The van der Waals surface area contributed by atoms with Gasteiger partial charge in [-0.3, -0.25) is 4.90 Å². The number of aromatic hydroxyl groups is 1. The van der Waals surface area contributed by atoms with Crippen LogP contribution in [0.2, 0.25) is 0 Å². The molecule has 1 N–H and O–H groups in total. The summed E-state index contributed by atoms with van der Waals surface area (Å²) in [4.78, 5) is 11.1. The standard InChI is InChI=1S/C23H25N3O2/c1-3-22-24-12-17(13-25-22)14-26-8-9-28-23-19(15-26)10-18(11-21(23)27)20-7-5-4-6-16(20)2/h4-7,10-13,27H,3,8-9,14-15H2,1-2H3. The van der Waals surface area contributed by atoms with Crippen LogP contribution in [-0.4, -0.2) is 33.1 Å². The SMILES string of the molecule is CCc1ncc(CN2CCOc3c(O)cc(-c4ccccc4C)cc3C2)cn1. The van der Waals surface area contributed by atoms with E-state index >= 15 is 0 Å². The van der Waals surface area contributed by atoms with Crippen LogP contribution in [0.3, 0.4) is 0 Å². The third-order valence-corrected chi connectivity index (χ3v) is 5.13. The predicted octanol–water partition coefficient (Wildman–Crippen LogP) is 4.11. The van der Waals surface area contributed by atoms with Gasteiger partial charge >= 0.3 is 0 Å². The summed E-state index contributed by atoms with van der Waals surface area (Å²) in [5.74, 6) is 1.66. The molecule has 0 aliphatic carbocycles. The largest absolute Gasteiger partial charge is 0.504 e. The number of ether oxygens (including phenoxy) is 1. The van der Waals surface area contributed by atoms with E-state index in [0.717, 1.165) is 47.6 Å². The molecule has 0 saturated heterocycles. The van der Waals surface area contributed by atoms with Crippen LogP contribution >= 0.6 is 0 Å². The molecule has 0 amide bonds. The fraction of sp³-hybridized carbons (Fsp3) is 0.304. The van der Waals surface area contributed by atoms with Crippen LogP contribution < -0.4 is 4.74 Å². The average Bonchev–Trinajstić information content (AvgIpc) is 2.91. The fourth-order valence-corrected chi connectivity index (χ4v) is 3.64. The fourth-order valence-electron chi connectivity index (χ4n) is 3.64. The van der Waals surface area contributed by atoms with Crippen molar-refractivity contribution >= 4 is 0 Å². The van der Waals surface area contributed by atoms with Gasteiger partial charge in [-0.1, -0.05) is 31.2 Å². The Hall–Kier alpha value is -2.92. The lowest BCUT2D eigenvalue weighted by atomic mass is 9.98. The first-order chi connectivity index (χ1) is 13.6. The molecule has 0 fully saturated rings. The summed E-state index contributed by atoms with van der Waals surface area (Å²) in [6, 6.07) is 12.1. The van der Waals surface area contributed by atoms with E-state index in [9.17, 15) is 5.11 Å². The van der Waals surface area contributed by atoms with E-state index in [1.165, 1.54) is 5.56 Å². The van der Waals surface area contributed by atoms with Crippen LogP contribution in [-0.2, 0) is 19.5 Å². The van der Waals surface area contributed by atoms with Crippen molar-refractivity contribution in [3.8, 4) is 22.6 Å². The lowest BCUT2D eigenvalue weighted by molar-refractivity contribution is 0.217. The highest BCUT2D eigenvalue weighted by Gasteiger charge is 2.20. The van der Waals surface area contributed by atoms with Gasteiger partial charge in [0, 0.05) is 49.6 Å². The summed E-state index contributed by atoms with van der Waals surface area (Å²) < 4.78 is 5.88. The zero-order chi connectivity index (χ0) is 19.5. The first kappa shape index (κ1) is 18.4. The van der Waals surface area contributed by atoms with E-state index in [1.54, 1.807) is 6.07 Å². The molecule has 1 aliphatic heterocycles. The quantitative estimate of drug-likeness (QED) is 0.743. The summed E-state index contributed by atoms with van der Waals surface area (Å²) in [6.07, 6.45) is 4.64. The lowest BCUT2D eigenvalue weighted by Gasteiger charge is -2.19. The summed E-state index contributed by atoms with van der Waals surface area (Å²) in [6.45, 7) is 6.92. The summed E-state index contributed by atoms with van der Waals surface area (Å²) >= 11 is 0. The molecule has 1 aliphatic rings. The minimum Gasteiger partial charge on any atom is -0.504 e. The Kier molecular flexibility index (Phi) is 5.26. The summed E-state index contributed by atoms with van der Waals surface area (Å²) in [7, 11) is 0. The van der Waals surface area contributed by atoms with Crippen molar-refractivity contribution in [1.29, 1.82) is 0 Å². The second kappa shape index (κ2) is 7.98. The zero-order valence-electron chi connectivity index (χ0n) is 16.4. The Morgan fingerprint density at radius 1 is 1.14 bits per heavy atom. The summed E-state index contributed by atoms with van der Waals surface area (Å²) in [5, 5.41) is 10.6. The maximum Gasteiger partial charge on any atom is 0.165 e. The highest BCUT2D eigenvalue weighted by molar-refractivity contribution is 5.71. The Labute approximate surface area is 165 Å². The van der Waals surface area contributed by atoms with Gasteiger partial charge in [0.1, 0.15) is 12.4 Å². The van der Waals surface area contributed by atoms with Crippen LogP contribution in [0.1, 0.15) is 29.4 Å². The Bertz CT molecular complexity index is 970. The lowest BCUT2D eigenvalue weighted by Crippen LogP contribution is -2.25. The third kappa shape index (κ3) is 3.85. The maximum absolute atomic E-state index is 10.6. The Morgan fingerprint density at radius 2 is 1.93 bits per heavy atom. The smallest absolute Gasteiger partial charge is 0.165 e. The van der Waals surface area contributed by atoms with Crippen LogP contribution in [0, 0.1) is 6.92 Å². The van der Waals surface area contributed by atoms with Gasteiger partial charge in [0.05, 0.1) is 0 Å². The number of aryl methyl sites for hydroxylation is 2. The number of benzene rings is 2. The number of nitrogens with zero attached hydrogens (tertiary/aromatic N) is 3. The van der Waals surface area contributed by atoms with Gasteiger partial charge in [0.2, 0.25) is 0 Å². The second-order valence-corrected chi connectivity index (χ2v) is 7.22. The van der Waals surface area contributed by atoms with E-state index in [0.29, 0.717) is 18.9 Å². The van der Waals surface area contributed by atoms with Crippen molar-refractivity contribution in [1.82, 2.24) is 14.9 Å². The van der Waals surface area contributed by atoms with E-state index in [2.05, 4.69) is 46.9 Å².